The lowest BCUT2D eigenvalue weighted by atomic mass is 10.2. The van der Waals surface area contributed by atoms with Gasteiger partial charge in [0.1, 0.15) is 5.75 Å². The molecular weight excluding hydrogens is 268 g/mol. The summed E-state index contributed by atoms with van der Waals surface area (Å²) in [5, 5.41) is 7.07. The first-order chi connectivity index (χ1) is 9.72. The topological polar surface area (TPSA) is 60.2 Å². The Morgan fingerprint density at radius 1 is 1.35 bits per heavy atom. The van der Waals surface area contributed by atoms with Crippen LogP contribution < -0.4 is 10.1 Å². The van der Waals surface area contributed by atoms with E-state index in [0.717, 1.165) is 12.8 Å². The molecule has 1 aromatic carbocycles. The van der Waals surface area contributed by atoms with Gasteiger partial charge in [0, 0.05) is 6.04 Å². The largest absolute Gasteiger partial charge is 0.434 e. The first-order valence-electron chi connectivity index (χ1n) is 6.32. The Labute approximate surface area is 113 Å². The summed E-state index contributed by atoms with van der Waals surface area (Å²) in [5.41, 5.74) is 0.359. The lowest BCUT2D eigenvalue weighted by Gasteiger charge is -2.06. The maximum Gasteiger partial charge on any atom is 0.387 e. The van der Waals surface area contributed by atoms with Crippen molar-refractivity contribution in [2.75, 3.05) is 0 Å². The highest BCUT2D eigenvalue weighted by molar-refractivity contribution is 5.62. The average molecular weight is 281 g/mol. The van der Waals surface area contributed by atoms with E-state index in [1.807, 2.05) is 0 Å². The van der Waals surface area contributed by atoms with E-state index in [0.29, 0.717) is 24.0 Å². The number of rotatable bonds is 6. The summed E-state index contributed by atoms with van der Waals surface area (Å²) in [7, 11) is 0. The van der Waals surface area contributed by atoms with Crippen LogP contribution in [0.1, 0.15) is 18.7 Å². The second-order valence-corrected chi connectivity index (χ2v) is 4.55. The van der Waals surface area contributed by atoms with Crippen LogP contribution in [0.3, 0.4) is 0 Å². The third-order valence-electron chi connectivity index (χ3n) is 2.93. The van der Waals surface area contributed by atoms with E-state index in [1.165, 1.54) is 6.07 Å². The number of ether oxygens (including phenoxy) is 1. The van der Waals surface area contributed by atoms with Gasteiger partial charge in [0.05, 0.1) is 12.1 Å². The molecule has 0 bridgehead atoms. The third kappa shape index (κ3) is 3.11. The van der Waals surface area contributed by atoms with E-state index in [2.05, 4.69) is 20.2 Å². The summed E-state index contributed by atoms with van der Waals surface area (Å²) in [5.74, 6) is 0.695. The van der Waals surface area contributed by atoms with Crippen LogP contribution in [-0.4, -0.2) is 22.8 Å². The van der Waals surface area contributed by atoms with Gasteiger partial charge in [0.25, 0.3) is 5.89 Å². The first kappa shape index (κ1) is 13.0. The lowest BCUT2D eigenvalue weighted by molar-refractivity contribution is -0.0495. The maximum atomic E-state index is 12.3. The van der Waals surface area contributed by atoms with Gasteiger partial charge in [-0.1, -0.05) is 17.3 Å². The van der Waals surface area contributed by atoms with E-state index < -0.39 is 6.61 Å². The van der Waals surface area contributed by atoms with E-state index in [1.54, 1.807) is 18.2 Å². The van der Waals surface area contributed by atoms with E-state index in [4.69, 9.17) is 4.52 Å². The van der Waals surface area contributed by atoms with Crippen molar-refractivity contribution < 1.29 is 18.0 Å². The number of benzene rings is 1. The summed E-state index contributed by atoms with van der Waals surface area (Å²) in [4.78, 5) is 4.18. The number of aromatic nitrogens is 2. The van der Waals surface area contributed by atoms with Gasteiger partial charge in [-0.15, -0.1) is 0 Å². The molecule has 2 aromatic rings. The SMILES string of the molecule is FC(F)Oc1ccccc1-c1nc(CNC2CC2)no1. The molecule has 7 heteroatoms. The molecule has 1 N–H and O–H groups in total. The quantitative estimate of drug-likeness (QED) is 0.881. The molecule has 1 aliphatic carbocycles. The molecule has 0 radical (unpaired) electrons. The average Bonchev–Trinajstić information content (AvgIpc) is 3.14. The monoisotopic (exact) mass is 281 g/mol. The molecule has 1 heterocycles. The third-order valence-corrected chi connectivity index (χ3v) is 2.93. The molecule has 0 spiro atoms. The van der Waals surface area contributed by atoms with Gasteiger partial charge < -0.3 is 14.6 Å². The number of hydrogen-bond donors (Lipinski definition) is 1. The lowest BCUT2D eigenvalue weighted by Crippen LogP contribution is -2.16. The molecule has 20 heavy (non-hydrogen) atoms. The normalized spacial score (nSPS) is 14.8. The summed E-state index contributed by atoms with van der Waals surface area (Å²) < 4.78 is 34.2. The molecule has 0 aliphatic heterocycles. The van der Waals surface area contributed by atoms with Crippen LogP contribution in [0.25, 0.3) is 11.5 Å². The highest BCUT2D eigenvalue weighted by Crippen LogP contribution is 2.29. The smallest absolute Gasteiger partial charge is 0.387 e. The van der Waals surface area contributed by atoms with Crippen molar-refractivity contribution in [2.45, 2.75) is 32.0 Å². The second kappa shape index (κ2) is 5.54. The van der Waals surface area contributed by atoms with Gasteiger partial charge in [-0.2, -0.15) is 13.8 Å². The summed E-state index contributed by atoms with van der Waals surface area (Å²) in [6, 6.07) is 6.87. The molecule has 5 nitrogen and oxygen atoms in total. The zero-order valence-corrected chi connectivity index (χ0v) is 10.6. The predicted octanol–water partition coefficient (Wildman–Crippen LogP) is 2.59. The van der Waals surface area contributed by atoms with Crippen LogP contribution in [0, 0.1) is 0 Å². The minimum Gasteiger partial charge on any atom is -0.434 e. The standard InChI is InChI=1S/C13H13F2N3O2/c14-13(15)19-10-4-2-1-3-9(10)12-17-11(18-20-12)7-16-8-5-6-8/h1-4,8,13,16H,5-7H2. The first-order valence-corrected chi connectivity index (χ1v) is 6.32. The molecule has 1 saturated carbocycles. The van der Waals surface area contributed by atoms with Crippen molar-refractivity contribution in [2.24, 2.45) is 0 Å². The van der Waals surface area contributed by atoms with Crippen molar-refractivity contribution >= 4 is 0 Å². The molecule has 3 rings (SSSR count). The summed E-state index contributed by atoms with van der Waals surface area (Å²) >= 11 is 0. The summed E-state index contributed by atoms with van der Waals surface area (Å²) in [6.45, 7) is -2.39. The molecule has 1 fully saturated rings. The van der Waals surface area contributed by atoms with E-state index >= 15 is 0 Å². The zero-order valence-electron chi connectivity index (χ0n) is 10.6. The van der Waals surface area contributed by atoms with Gasteiger partial charge in [-0.3, -0.25) is 0 Å². The Morgan fingerprint density at radius 3 is 2.90 bits per heavy atom. The molecule has 1 aromatic heterocycles. The fraction of sp³-hybridized carbons (Fsp3) is 0.385. The van der Waals surface area contributed by atoms with Crippen LogP contribution in [0.5, 0.6) is 5.75 Å². The minimum atomic E-state index is -2.89. The second-order valence-electron chi connectivity index (χ2n) is 4.55. The van der Waals surface area contributed by atoms with Crippen LogP contribution in [0.2, 0.25) is 0 Å². The van der Waals surface area contributed by atoms with Crippen molar-refractivity contribution in [3.05, 3.63) is 30.1 Å². The number of hydrogen-bond acceptors (Lipinski definition) is 5. The Balaban J connectivity index is 1.77. The number of alkyl halides is 2. The highest BCUT2D eigenvalue weighted by Gasteiger charge is 2.21. The van der Waals surface area contributed by atoms with Crippen molar-refractivity contribution in [1.82, 2.24) is 15.5 Å². The molecule has 0 unspecified atom stereocenters. The molecule has 0 atom stereocenters. The minimum absolute atomic E-state index is 0.0212. The van der Waals surface area contributed by atoms with Crippen LogP contribution in [-0.2, 0) is 6.54 Å². The Bertz CT molecular complexity index is 585. The van der Waals surface area contributed by atoms with E-state index in [9.17, 15) is 8.78 Å². The maximum absolute atomic E-state index is 12.3. The number of nitrogens with one attached hydrogen (secondary N) is 1. The van der Waals surface area contributed by atoms with Crippen molar-refractivity contribution in [3.8, 4) is 17.2 Å². The van der Waals surface area contributed by atoms with Crippen molar-refractivity contribution in [3.63, 3.8) is 0 Å². The highest BCUT2D eigenvalue weighted by atomic mass is 19.3. The molecule has 1 aliphatic rings. The fourth-order valence-corrected chi connectivity index (χ4v) is 1.80. The van der Waals surface area contributed by atoms with Crippen LogP contribution in [0.4, 0.5) is 8.78 Å². The molecule has 0 saturated heterocycles. The molecule has 0 amide bonds. The fourth-order valence-electron chi connectivity index (χ4n) is 1.80. The number of halogens is 2. The molecule has 106 valence electrons. The van der Waals surface area contributed by atoms with Crippen LogP contribution in [0.15, 0.2) is 28.8 Å². The summed E-state index contributed by atoms with van der Waals surface area (Å²) in [6.07, 6.45) is 2.32. The van der Waals surface area contributed by atoms with Crippen LogP contribution >= 0.6 is 0 Å². The van der Waals surface area contributed by atoms with Gasteiger partial charge in [0.2, 0.25) is 0 Å². The van der Waals surface area contributed by atoms with Crippen molar-refractivity contribution in [1.29, 1.82) is 0 Å². The Hall–Kier alpha value is -2.02. The zero-order chi connectivity index (χ0) is 13.9. The number of nitrogens with zero attached hydrogens (tertiary/aromatic N) is 2. The van der Waals surface area contributed by atoms with E-state index in [-0.39, 0.29) is 11.6 Å². The Kier molecular flexibility index (Phi) is 3.60. The van der Waals surface area contributed by atoms with Gasteiger partial charge in [-0.25, -0.2) is 0 Å². The van der Waals surface area contributed by atoms with Gasteiger partial charge in [-0.05, 0) is 25.0 Å². The predicted molar refractivity (Wildman–Crippen MR) is 66.2 cm³/mol. The molecular formula is C13H13F2N3O2. The van der Waals surface area contributed by atoms with Gasteiger partial charge in [0.15, 0.2) is 5.82 Å². The Morgan fingerprint density at radius 2 is 2.15 bits per heavy atom. The van der Waals surface area contributed by atoms with Gasteiger partial charge >= 0.3 is 6.61 Å². The number of para-hydroxylation sites is 1.